The van der Waals surface area contributed by atoms with E-state index in [-0.39, 0.29) is 23.8 Å². The molecule has 1 amide bonds. The van der Waals surface area contributed by atoms with Crippen LogP contribution in [0.1, 0.15) is 21.6 Å². The summed E-state index contributed by atoms with van der Waals surface area (Å²) in [6.45, 7) is 1.13. The summed E-state index contributed by atoms with van der Waals surface area (Å²) in [5, 5.41) is 0.593. The van der Waals surface area contributed by atoms with Crippen LogP contribution in [0.15, 0.2) is 71.8 Å². The molecule has 2 aromatic heterocycles. The van der Waals surface area contributed by atoms with Crippen LogP contribution in [0.4, 0.5) is 4.39 Å². The fourth-order valence-electron chi connectivity index (χ4n) is 3.97. The SMILES string of the molecule is O=C(/C=C/c1ccccc1)N1CCc2c(sc3ncn(Cc4ccccc4F)c(=O)c23)C1. The van der Waals surface area contributed by atoms with Crippen LogP contribution in [0.3, 0.4) is 0 Å². The largest absolute Gasteiger partial charge is 0.334 e. The number of halogens is 1. The Bertz CT molecular complexity index is 1390. The van der Waals surface area contributed by atoms with Crippen LogP contribution in [-0.2, 0) is 24.3 Å². The van der Waals surface area contributed by atoms with Crippen molar-refractivity contribution < 1.29 is 9.18 Å². The Morgan fingerprint density at radius 1 is 1.12 bits per heavy atom. The van der Waals surface area contributed by atoms with Crippen LogP contribution in [0, 0.1) is 5.82 Å². The number of benzene rings is 2. The molecule has 2 aromatic carbocycles. The fourth-order valence-corrected chi connectivity index (χ4v) is 5.16. The van der Waals surface area contributed by atoms with Gasteiger partial charge in [-0.25, -0.2) is 9.37 Å². The molecule has 1 aliphatic heterocycles. The summed E-state index contributed by atoms with van der Waals surface area (Å²) in [6, 6.07) is 16.1. The van der Waals surface area contributed by atoms with Gasteiger partial charge in [0.1, 0.15) is 10.6 Å². The van der Waals surface area contributed by atoms with E-state index in [1.54, 1.807) is 29.2 Å². The summed E-state index contributed by atoms with van der Waals surface area (Å²) < 4.78 is 15.5. The van der Waals surface area contributed by atoms with E-state index in [1.165, 1.54) is 28.3 Å². The molecular weight excluding hydrogens is 425 g/mol. The number of hydrogen-bond acceptors (Lipinski definition) is 4. The molecule has 0 spiro atoms. The lowest BCUT2D eigenvalue weighted by molar-refractivity contribution is -0.126. The number of nitrogens with zero attached hydrogens (tertiary/aromatic N) is 3. The molecule has 0 bridgehead atoms. The summed E-state index contributed by atoms with van der Waals surface area (Å²) in [5.41, 5.74) is 2.21. The maximum Gasteiger partial charge on any atom is 0.262 e. The van der Waals surface area contributed by atoms with Crippen LogP contribution < -0.4 is 5.56 Å². The molecule has 0 atom stereocenters. The molecule has 1 aliphatic rings. The highest BCUT2D eigenvalue weighted by Gasteiger charge is 2.25. The van der Waals surface area contributed by atoms with Gasteiger partial charge in [-0.05, 0) is 29.7 Å². The molecule has 5 rings (SSSR count). The molecular formula is C25H20FN3O2S. The molecule has 0 N–H and O–H groups in total. The molecule has 7 heteroatoms. The van der Waals surface area contributed by atoms with E-state index in [1.807, 2.05) is 36.4 Å². The minimum Gasteiger partial charge on any atom is -0.334 e. The Kier molecular flexibility index (Phi) is 5.41. The van der Waals surface area contributed by atoms with Crippen molar-refractivity contribution in [2.45, 2.75) is 19.5 Å². The maximum absolute atomic E-state index is 14.0. The molecule has 160 valence electrons. The smallest absolute Gasteiger partial charge is 0.262 e. The molecule has 0 saturated heterocycles. The van der Waals surface area contributed by atoms with Crippen LogP contribution in [0.5, 0.6) is 0 Å². The van der Waals surface area contributed by atoms with Crippen LogP contribution in [-0.4, -0.2) is 26.9 Å². The van der Waals surface area contributed by atoms with Crippen molar-refractivity contribution in [3.8, 4) is 0 Å². The molecule has 0 radical (unpaired) electrons. The number of rotatable bonds is 4. The highest BCUT2D eigenvalue weighted by Crippen LogP contribution is 2.32. The van der Waals surface area contributed by atoms with Crippen molar-refractivity contribution in [3.05, 3.63) is 105 Å². The van der Waals surface area contributed by atoms with Crippen LogP contribution in [0.25, 0.3) is 16.3 Å². The number of fused-ring (bicyclic) bond motifs is 3. The third-order valence-electron chi connectivity index (χ3n) is 5.66. The third-order valence-corrected chi connectivity index (χ3v) is 6.78. The van der Waals surface area contributed by atoms with Gasteiger partial charge in [-0.3, -0.25) is 14.2 Å². The van der Waals surface area contributed by atoms with E-state index in [0.29, 0.717) is 35.3 Å². The number of carbonyl (C=O) groups excluding carboxylic acids is 1. The second kappa shape index (κ2) is 8.51. The molecule has 4 aromatic rings. The molecule has 0 saturated carbocycles. The molecule has 5 nitrogen and oxygen atoms in total. The zero-order valence-corrected chi connectivity index (χ0v) is 18.0. The Morgan fingerprint density at radius 2 is 1.91 bits per heavy atom. The Morgan fingerprint density at radius 3 is 2.72 bits per heavy atom. The molecule has 0 fully saturated rings. The van der Waals surface area contributed by atoms with Crippen molar-refractivity contribution in [2.24, 2.45) is 0 Å². The average Bonchev–Trinajstić information content (AvgIpc) is 3.20. The molecule has 3 heterocycles. The van der Waals surface area contributed by atoms with Crippen molar-refractivity contribution in [3.63, 3.8) is 0 Å². The quantitative estimate of drug-likeness (QED) is 0.442. The summed E-state index contributed by atoms with van der Waals surface area (Å²) in [4.78, 5) is 33.7. The van der Waals surface area contributed by atoms with Gasteiger partial charge in [0.2, 0.25) is 5.91 Å². The fraction of sp³-hybridized carbons (Fsp3) is 0.160. The summed E-state index contributed by atoms with van der Waals surface area (Å²) in [5.74, 6) is -0.397. The van der Waals surface area contributed by atoms with E-state index < -0.39 is 0 Å². The molecule has 32 heavy (non-hydrogen) atoms. The van der Waals surface area contributed by atoms with Gasteiger partial charge in [0.25, 0.3) is 5.56 Å². The standard InChI is InChI=1S/C25H20FN3O2S/c26-20-9-5-4-8-18(20)14-29-16-27-24-23(25(29)31)19-12-13-28(15-21(19)32-24)22(30)11-10-17-6-2-1-3-7-17/h1-11,16H,12-15H2/b11-10+. The van der Waals surface area contributed by atoms with Crippen LogP contribution in [0.2, 0.25) is 0 Å². The van der Waals surface area contributed by atoms with Crippen LogP contribution >= 0.6 is 11.3 Å². The van der Waals surface area contributed by atoms with E-state index >= 15 is 0 Å². The van der Waals surface area contributed by atoms with Gasteiger partial charge < -0.3 is 4.90 Å². The van der Waals surface area contributed by atoms with Gasteiger partial charge >= 0.3 is 0 Å². The predicted octanol–water partition coefficient (Wildman–Crippen LogP) is 4.24. The number of aromatic nitrogens is 2. The highest BCUT2D eigenvalue weighted by molar-refractivity contribution is 7.18. The van der Waals surface area contributed by atoms with E-state index in [4.69, 9.17) is 0 Å². The first-order chi connectivity index (χ1) is 15.6. The minimum atomic E-state index is -0.343. The zero-order chi connectivity index (χ0) is 22.1. The third kappa shape index (κ3) is 3.87. The molecule has 0 aliphatic carbocycles. The molecule has 0 unspecified atom stereocenters. The predicted molar refractivity (Wildman–Crippen MR) is 124 cm³/mol. The number of amides is 1. The van der Waals surface area contributed by atoms with Crippen molar-refractivity contribution in [2.75, 3.05) is 6.54 Å². The average molecular weight is 446 g/mol. The van der Waals surface area contributed by atoms with Crippen molar-refractivity contribution in [1.29, 1.82) is 0 Å². The zero-order valence-electron chi connectivity index (χ0n) is 17.2. The Hall–Kier alpha value is -3.58. The number of hydrogen-bond donors (Lipinski definition) is 0. The van der Waals surface area contributed by atoms with Gasteiger partial charge in [-0.15, -0.1) is 11.3 Å². The second-order valence-corrected chi connectivity index (χ2v) is 8.79. The van der Waals surface area contributed by atoms with Crippen molar-refractivity contribution >= 4 is 33.5 Å². The summed E-state index contributed by atoms with van der Waals surface area (Å²) in [7, 11) is 0. The highest BCUT2D eigenvalue weighted by atomic mass is 32.1. The monoisotopic (exact) mass is 445 g/mol. The minimum absolute atomic E-state index is 0.0538. The van der Waals surface area contributed by atoms with Crippen molar-refractivity contribution in [1.82, 2.24) is 14.5 Å². The second-order valence-electron chi connectivity index (χ2n) is 7.71. The number of carbonyl (C=O) groups is 1. The van der Waals surface area contributed by atoms with Gasteiger partial charge in [-0.1, -0.05) is 48.5 Å². The van der Waals surface area contributed by atoms with Gasteiger partial charge in [0.05, 0.1) is 24.8 Å². The maximum atomic E-state index is 14.0. The summed E-state index contributed by atoms with van der Waals surface area (Å²) >= 11 is 1.45. The van der Waals surface area contributed by atoms with Gasteiger partial charge in [0.15, 0.2) is 0 Å². The topological polar surface area (TPSA) is 55.2 Å². The normalized spacial score (nSPS) is 13.6. The van der Waals surface area contributed by atoms with Gasteiger partial charge in [-0.2, -0.15) is 0 Å². The van der Waals surface area contributed by atoms with E-state index in [0.717, 1.165) is 16.0 Å². The lowest BCUT2D eigenvalue weighted by atomic mass is 10.1. The Labute approximate surface area is 188 Å². The van der Waals surface area contributed by atoms with E-state index in [2.05, 4.69) is 4.98 Å². The first kappa shape index (κ1) is 20.3. The Balaban J connectivity index is 1.40. The van der Waals surface area contributed by atoms with E-state index in [9.17, 15) is 14.0 Å². The summed E-state index contributed by atoms with van der Waals surface area (Å²) in [6.07, 6.45) is 5.48. The number of thiophene rings is 1. The lowest BCUT2D eigenvalue weighted by Crippen LogP contribution is -2.34. The van der Waals surface area contributed by atoms with Gasteiger partial charge in [0, 0.05) is 23.1 Å². The first-order valence-corrected chi connectivity index (χ1v) is 11.2. The first-order valence-electron chi connectivity index (χ1n) is 10.4. The lowest BCUT2D eigenvalue weighted by Gasteiger charge is -2.25.